The third-order valence-corrected chi connectivity index (χ3v) is 2.20. The predicted molar refractivity (Wildman–Crippen MR) is 57.7 cm³/mol. The second kappa shape index (κ2) is 5.53. The SMILES string of the molecule is CC(N)OC(=O)Cc1ncc(C(F)(F)F)cc1Cl. The first-order chi connectivity index (χ1) is 8.20. The minimum Gasteiger partial charge on any atom is -0.447 e. The average molecular weight is 283 g/mol. The quantitative estimate of drug-likeness (QED) is 0.681. The molecule has 18 heavy (non-hydrogen) atoms. The van der Waals surface area contributed by atoms with Crippen LogP contribution >= 0.6 is 11.6 Å². The van der Waals surface area contributed by atoms with Crippen molar-refractivity contribution in [3.8, 4) is 0 Å². The van der Waals surface area contributed by atoms with Crippen LogP contribution < -0.4 is 5.73 Å². The Kier molecular flexibility index (Phi) is 4.53. The first-order valence-electron chi connectivity index (χ1n) is 4.87. The second-order valence-corrected chi connectivity index (χ2v) is 3.93. The van der Waals surface area contributed by atoms with Gasteiger partial charge in [-0.05, 0) is 13.0 Å². The first-order valence-corrected chi connectivity index (χ1v) is 5.24. The Balaban J connectivity index is 2.84. The van der Waals surface area contributed by atoms with E-state index in [2.05, 4.69) is 9.72 Å². The lowest BCUT2D eigenvalue weighted by Gasteiger charge is -2.10. The maximum absolute atomic E-state index is 12.3. The molecule has 1 heterocycles. The van der Waals surface area contributed by atoms with E-state index in [0.717, 1.165) is 0 Å². The van der Waals surface area contributed by atoms with Gasteiger partial charge in [-0.25, -0.2) is 0 Å². The normalized spacial score (nSPS) is 13.2. The maximum atomic E-state index is 12.3. The molecule has 0 saturated heterocycles. The molecule has 1 rings (SSSR count). The highest BCUT2D eigenvalue weighted by Crippen LogP contribution is 2.31. The highest BCUT2D eigenvalue weighted by molar-refractivity contribution is 6.31. The molecular weight excluding hydrogens is 273 g/mol. The fourth-order valence-corrected chi connectivity index (χ4v) is 1.37. The molecule has 1 aromatic heterocycles. The number of hydrogen-bond acceptors (Lipinski definition) is 4. The van der Waals surface area contributed by atoms with Gasteiger partial charge in [0.15, 0.2) is 0 Å². The Morgan fingerprint density at radius 3 is 2.67 bits per heavy atom. The Morgan fingerprint density at radius 2 is 2.22 bits per heavy atom. The van der Waals surface area contributed by atoms with Gasteiger partial charge in [-0.15, -0.1) is 0 Å². The van der Waals surface area contributed by atoms with Crippen LogP contribution in [0.5, 0.6) is 0 Å². The summed E-state index contributed by atoms with van der Waals surface area (Å²) in [6, 6.07) is 0.711. The number of halogens is 4. The van der Waals surface area contributed by atoms with Crippen molar-refractivity contribution in [3.05, 3.63) is 28.5 Å². The van der Waals surface area contributed by atoms with Crippen molar-refractivity contribution < 1.29 is 22.7 Å². The molecule has 1 unspecified atom stereocenters. The molecule has 2 N–H and O–H groups in total. The first kappa shape index (κ1) is 14.7. The molecule has 4 nitrogen and oxygen atoms in total. The molecule has 0 aromatic carbocycles. The standard InChI is InChI=1S/C10H10ClF3N2O2/c1-5(15)18-9(17)3-8-7(11)2-6(4-16-8)10(12,13)14/h2,4-5H,3,15H2,1H3. The van der Waals surface area contributed by atoms with Crippen molar-refractivity contribution >= 4 is 17.6 Å². The summed E-state index contributed by atoms with van der Waals surface area (Å²) in [5.74, 6) is -0.709. The smallest absolute Gasteiger partial charge is 0.417 e. The topological polar surface area (TPSA) is 65.2 Å². The summed E-state index contributed by atoms with van der Waals surface area (Å²) in [7, 11) is 0. The van der Waals surface area contributed by atoms with E-state index in [1.807, 2.05) is 0 Å². The summed E-state index contributed by atoms with van der Waals surface area (Å²) in [6.07, 6.45) is -5.05. The fourth-order valence-electron chi connectivity index (χ4n) is 1.14. The number of nitrogens with two attached hydrogens (primary N) is 1. The molecule has 0 bridgehead atoms. The predicted octanol–water partition coefficient (Wildman–Crippen LogP) is 2.14. The Labute approximate surface area is 106 Å². The average Bonchev–Trinajstić information content (AvgIpc) is 2.18. The third kappa shape index (κ3) is 4.15. The summed E-state index contributed by atoms with van der Waals surface area (Å²) >= 11 is 5.61. The van der Waals surface area contributed by atoms with E-state index in [0.29, 0.717) is 12.3 Å². The number of nitrogens with zero attached hydrogens (tertiary/aromatic N) is 1. The highest BCUT2D eigenvalue weighted by atomic mass is 35.5. The van der Waals surface area contributed by atoms with Crippen molar-refractivity contribution in [2.45, 2.75) is 25.7 Å². The van der Waals surface area contributed by atoms with Crippen LogP contribution in [0.2, 0.25) is 5.02 Å². The van der Waals surface area contributed by atoms with Crippen LogP contribution in [0, 0.1) is 0 Å². The van der Waals surface area contributed by atoms with E-state index in [4.69, 9.17) is 17.3 Å². The highest BCUT2D eigenvalue weighted by Gasteiger charge is 2.31. The van der Waals surface area contributed by atoms with Crippen molar-refractivity contribution in [3.63, 3.8) is 0 Å². The lowest BCUT2D eigenvalue weighted by Crippen LogP contribution is -2.24. The molecule has 0 spiro atoms. The largest absolute Gasteiger partial charge is 0.447 e. The van der Waals surface area contributed by atoms with Gasteiger partial charge in [-0.1, -0.05) is 11.6 Å². The number of carbonyl (C=O) groups excluding carboxylic acids is 1. The fraction of sp³-hybridized carbons (Fsp3) is 0.400. The molecule has 0 amide bonds. The molecule has 100 valence electrons. The van der Waals surface area contributed by atoms with Crippen LogP contribution in [0.3, 0.4) is 0 Å². The van der Waals surface area contributed by atoms with Crippen LogP contribution in [-0.4, -0.2) is 17.2 Å². The minimum atomic E-state index is -4.53. The molecule has 0 aliphatic carbocycles. The molecule has 1 atom stereocenters. The second-order valence-electron chi connectivity index (χ2n) is 3.52. The molecular formula is C10H10ClF3N2O2. The van der Waals surface area contributed by atoms with E-state index >= 15 is 0 Å². The molecule has 0 aliphatic heterocycles. The lowest BCUT2D eigenvalue weighted by atomic mass is 10.2. The van der Waals surface area contributed by atoms with Crippen molar-refractivity contribution in [2.75, 3.05) is 0 Å². The van der Waals surface area contributed by atoms with Gasteiger partial charge in [-0.2, -0.15) is 13.2 Å². The van der Waals surface area contributed by atoms with E-state index in [1.54, 1.807) is 0 Å². The van der Waals surface area contributed by atoms with E-state index in [9.17, 15) is 18.0 Å². The lowest BCUT2D eigenvalue weighted by molar-refractivity contribution is -0.147. The molecule has 0 fully saturated rings. The Hall–Kier alpha value is -1.34. The molecule has 0 aliphatic rings. The zero-order chi connectivity index (χ0) is 13.9. The van der Waals surface area contributed by atoms with Crippen LogP contribution in [0.1, 0.15) is 18.2 Å². The van der Waals surface area contributed by atoms with Gasteiger partial charge in [0.1, 0.15) is 6.23 Å². The maximum Gasteiger partial charge on any atom is 0.417 e. The summed E-state index contributed by atoms with van der Waals surface area (Å²) in [4.78, 5) is 14.7. The summed E-state index contributed by atoms with van der Waals surface area (Å²) in [5, 5.41) is -0.244. The summed E-state index contributed by atoms with van der Waals surface area (Å²) < 4.78 is 41.6. The third-order valence-electron chi connectivity index (χ3n) is 1.87. The van der Waals surface area contributed by atoms with Gasteiger partial charge in [0.05, 0.1) is 22.7 Å². The zero-order valence-corrected chi connectivity index (χ0v) is 10.0. The van der Waals surface area contributed by atoms with E-state index in [1.165, 1.54) is 6.92 Å². The number of rotatable bonds is 3. The van der Waals surface area contributed by atoms with Gasteiger partial charge in [0, 0.05) is 6.20 Å². The number of hydrogen-bond donors (Lipinski definition) is 1. The van der Waals surface area contributed by atoms with Gasteiger partial charge in [0.25, 0.3) is 0 Å². The summed E-state index contributed by atoms with van der Waals surface area (Å²) in [6.45, 7) is 1.44. The van der Waals surface area contributed by atoms with Crippen molar-refractivity contribution in [2.24, 2.45) is 5.73 Å². The van der Waals surface area contributed by atoms with Crippen LogP contribution in [0.15, 0.2) is 12.3 Å². The number of pyridine rings is 1. The monoisotopic (exact) mass is 282 g/mol. The Morgan fingerprint density at radius 1 is 1.61 bits per heavy atom. The zero-order valence-electron chi connectivity index (χ0n) is 9.29. The molecule has 0 saturated carbocycles. The van der Waals surface area contributed by atoms with Gasteiger partial charge < -0.3 is 4.74 Å². The Bertz CT molecular complexity index is 449. The molecule has 0 radical (unpaired) electrons. The van der Waals surface area contributed by atoms with Crippen molar-refractivity contribution in [1.29, 1.82) is 0 Å². The number of aromatic nitrogens is 1. The number of alkyl halides is 3. The van der Waals surface area contributed by atoms with Gasteiger partial charge in [0.2, 0.25) is 0 Å². The van der Waals surface area contributed by atoms with Crippen LogP contribution in [-0.2, 0) is 22.1 Å². The van der Waals surface area contributed by atoms with E-state index < -0.39 is 23.9 Å². The minimum absolute atomic E-state index is 0.00955. The van der Waals surface area contributed by atoms with Crippen LogP contribution in [0.25, 0.3) is 0 Å². The van der Waals surface area contributed by atoms with Gasteiger partial charge in [-0.3, -0.25) is 15.5 Å². The molecule has 8 heteroatoms. The van der Waals surface area contributed by atoms with E-state index in [-0.39, 0.29) is 17.1 Å². The van der Waals surface area contributed by atoms with Crippen LogP contribution in [0.4, 0.5) is 13.2 Å². The van der Waals surface area contributed by atoms with Crippen molar-refractivity contribution in [1.82, 2.24) is 4.98 Å². The number of esters is 1. The number of carbonyl (C=O) groups is 1. The van der Waals surface area contributed by atoms with Gasteiger partial charge >= 0.3 is 12.1 Å². The number of ether oxygens (including phenoxy) is 1. The summed E-state index contributed by atoms with van der Waals surface area (Å²) in [5.41, 5.74) is 4.26. The molecule has 1 aromatic rings.